The van der Waals surface area contributed by atoms with Crippen LogP contribution in [0.2, 0.25) is 0 Å². The van der Waals surface area contributed by atoms with Gasteiger partial charge in [0.05, 0.1) is 22.7 Å². The molecule has 1 aromatic carbocycles. The fraction of sp³-hybridized carbons (Fsp3) is 0.250. The summed E-state index contributed by atoms with van der Waals surface area (Å²) in [6.07, 6.45) is 0.368. The smallest absolute Gasteiger partial charge is 0.263 e. The number of thiazole rings is 1. The number of nitrogens with zero attached hydrogens (tertiary/aromatic N) is 2. The standard InChI is InChI=1S/C16H16N4O5S2/c1-17-13(21)8-10-9-26-16(18-10)19-27(24,25)12-4-2-11(3-5-12)20-14(22)6-7-15(20)23/h2-5,9H,6-8H2,1H3,(H,17,21)(H,18,19). The summed E-state index contributed by atoms with van der Waals surface area (Å²) in [4.78, 5) is 39.9. The van der Waals surface area contributed by atoms with Gasteiger partial charge in [0.1, 0.15) is 0 Å². The molecule has 1 aromatic heterocycles. The highest BCUT2D eigenvalue weighted by Crippen LogP contribution is 2.25. The topological polar surface area (TPSA) is 126 Å². The Balaban J connectivity index is 1.74. The van der Waals surface area contributed by atoms with Crippen molar-refractivity contribution in [1.29, 1.82) is 0 Å². The number of anilines is 2. The number of carbonyl (C=O) groups excluding carboxylic acids is 3. The summed E-state index contributed by atoms with van der Waals surface area (Å²) in [5.41, 5.74) is 0.794. The molecular weight excluding hydrogens is 392 g/mol. The van der Waals surface area contributed by atoms with Gasteiger partial charge in [0.2, 0.25) is 17.7 Å². The summed E-state index contributed by atoms with van der Waals surface area (Å²) < 4.78 is 27.3. The van der Waals surface area contributed by atoms with Gasteiger partial charge in [-0.15, -0.1) is 11.3 Å². The number of rotatable bonds is 6. The molecule has 0 aliphatic carbocycles. The van der Waals surface area contributed by atoms with E-state index in [1.807, 2.05) is 0 Å². The number of aromatic nitrogens is 1. The second-order valence-electron chi connectivity index (χ2n) is 5.72. The monoisotopic (exact) mass is 408 g/mol. The Hall–Kier alpha value is -2.79. The number of sulfonamides is 1. The molecule has 3 amide bonds. The lowest BCUT2D eigenvalue weighted by atomic mass is 10.3. The minimum atomic E-state index is -3.89. The molecule has 9 nitrogen and oxygen atoms in total. The van der Waals surface area contributed by atoms with Gasteiger partial charge < -0.3 is 5.32 Å². The van der Waals surface area contributed by atoms with Crippen molar-refractivity contribution in [3.63, 3.8) is 0 Å². The van der Waals surface area contributed by atoms with Crippen LogP contribution < -0.4 is 14.9 Å². The van der Waals surface area contributed by atoms with E-state index in [1.165, 1.54) is 31.3 Å². The molecule has 1 saturated heterocycles. The molecule has 142 valence electrons. The van der Waals surface area contributed by atoms with Crippen molar-refractivity contribution in [1.82, 2.24) is 10.3 Å². The number of imide groups is 1. The molecule has 0 atom stereocenters. The number of benzene rings is 1. The van der Waals surface area contributed by atoms with E-state index in [9.17, 15) is 22.8 Å². The molecule has 0 unspecified atom stereocenters. The molecule has 2 N–H and O–H groups in total. The first kappa shape index (κ1) is 19.0. The molecule has 3 rings (SSSR count). The summed E-state index contributed by atoms with van der Waals surface area (Å²) in [6.45, 7) is 0. The van der Waals surface area contributed by atoms with Crippen LogP contribution in [-0.4, -0.2) is 38.2 Å². The molecule has 0 saturated carbocycles. The molecule has 2 aromatic rings. The normalized spacial score (nSPS) is 14.5. The van der Waals surface area contributed by atoms with Crippen LogP contribution >= 0.6 is 11.3 Å². The minimum Gasteiger partial charge on any atom is -0.359 e. The Kier molecular flexibility index (Phi) is 5.24. The first-order valence-electron chi connectivity index (χ1n) is 7.94. The maximum atomic E-state index is 12.5. The Morgan fingerprint density at radius 2 is 1.81 bits per heavy atom. The molecule has 1 fully saturated rings. The van der Waals surface area contributed by atoms with Gasteiger partial charge in [0.25, 0.3) is 10.0 Å². The first-order valence-corrected chi connectivity index (χ1v) is 10.3. The van der Waals surface area contributed by atoms with Crippen molar-refractivity contribution in [2.24, 2.45) is 0 Å². The van der Waals surface area contributed by atoms with E-state index in [0.717, 1.165) is 16.2 Å². The maximum Gasteiger partial charge on any atom is 0.263 e. The lowest BCUT2D eigenvalue weighted by Crippen LogP contribution is -2.28. The number of hydrogen-bond donors (Lipinski definition) is 2. The van der Waals surface area contributed by atoms with Crippen LogP contribution in [0.5, 0.6) is 0 Å². The van der Waals surface area contributed by atoms with Crippen molar-refractivity contribution in [2.75, 3.05) is 16.7 Å². The Morgan fingerprint density at radius 1 is 1.19 bits per heavy atom. The van der Waals surface area contributed by atoms with Gasteiger partial charge in [-0.3, -0.25) is 24.0 Å². The molecule has 11 heteroatoms. The zero-order valence-electron chi connectivity index (χ0n) is 14.3. The highest BCUT2D eigenvalue weighted by atomic mass is 32.2. The van der Waals surface area contributed by atoms with Crippen molar-refractivity contribution in [2.45, 2.75) is 24.2 Å². The van der Waals surface area contributed by atoms with Gasteiger partial charge in [-0.05, 0) is 24.3 Å². The molecule has 0 bridgehead atoms. The average molecular weight is 408 g/mol. The van der Waals surface area contributed by atoms with Crippen LogP contribution in [-0.2, 0) is 30.8 Å². The highest BCUT2D eigenvalue weighted by Gasteiger charge is 2.30. The van der Waals surface area contributed by atoms with E-state index in [-0.39, 0.29) is 47.0 Å². The lowest BCUT2D eigenvalue weighted by Gasteiger charge is -2.14. The number of carbonyl (C=O) groups is 3. The van der Waals surface area contributed by atoms with Gasteiger partial charge in [-0.2, -0.15) is 0 Å². The Bertz CT molecular complexity index is 982. The third-order valence-electron chi connectivity index (χ3n) is 3.85. The molecule has 0 radical (unpaired) electrons. The van der Waals surface area contributed by atoms with E-state index in [1.54, 1.807) is 5.38 Å². The second-order valence-corrected chi connectivity index (χ2v) is 8.26. The van der Waals surface area contributed by atoms with E-state index in [0.29, 0.717) is 11.4 Å². The van der Waals surface area contributed by atoms with Crippen molar-refractivity contribution < 1.29 is 22.8 Å². The van der Waals surface area contributed by atoms with E-state index in [2.05, 4.69) is 15.0 Å². The van der Waals surface area contributed by atoms with Crippen LogP contribution in [0, 0.1) is 0 Å². The average Bonchev–Trinajstić information content (AvgIpc) is 3.20. The van der Waals surface area contributed by atoms with E-state index >= 15 is 0 Å². The second kappa shape index (κ2) is 7.45. The zero-order valence-corrected chi connectivity index (χ0v) is 15.9. The SMILES string of the molecule is CNC(=O)Cc1csc(NS(=O)(=O)c2ccc(N3C(=O)CCC3=O)cc2)n1. The summed E-state index contributed by atoms with van der Waals surface area (Å²) in [7, 11) is -2.39. The fourth-order valence-corrected chi connectivity index (χ4v) is 4.46. The van der Waals surface area contributed by atoms with Crippen molar-refractivity contribution in [3.8, 4) is 0 Å². The van der Waals surface area contributed by atoms with Gasteiger partial charge in [0.15, 0.2) is 5.13 Å². The number of amides is 3. The maximum absolute atomic E-state index is 12.5. The predicted molar refractivity (Wildman–Crippen MR) is 98.9 cm³/mol. The summed E-state index contributed by atoms with van der Waals surface area (Å²) in [5, 5.41) is 4.21. The zero-order chi connectivity index (χ0) is 19.6. The lowest BCUT2D eigenvalue weighted by molar-refractivity contribution is -0.121. The van der Waals surface area contributed by atoms with Crippen LogP contribution in [0.1, 0.15) is 18.5 Å². The Morgan fingerprint density at radius 3 is 2.41 bits per heavy atom. The molecule has 0 spiro atoms. The van der Waals surface area contributed by atoms with Crippen LogP contribution in [0.4, 0.5) is 10.8 Å². The molecule has 1 aliphatic rings. The summed E-state index contributed by atoms with van der Waals surface area (Å²) in [6, 6.07) is 5.45. The predicted octanol–water partition coefficient (Wildman–Crippen LogP) is 0.886. The van der Waals surface area contributed by atoms with Crippen LogP contribution in [0.15, 0.2) is 34.5 Å². The largest absolute Gasteiger partial charge is 0.359 e. The first-order chi connectivity index (χ1) is 12.8. The third-order valence-corrected chi connectivity index (χ3v) is 6.14. The van der Waals surface area contributed by atoms with Crippen molar-refractivity contribution in [3.05, 3.63) is 35.3 Å². The van der Waals surface area contributed by atoms with Gasteiger partial charge in [-0.1, -0.05) is 0 Å². The third kappa shape index (κ3) is 4.14. The van der Waals surface area contributed by atoms with E-state index < -0.39 is 10.0 Å². The minimum absolute atomic E-state index is 0.0339. The Labute approximate surface area is 159 Å². The fourth-order valence-electron chi connectivity index (χ4n) is 2.50. The molecule has 1 aliphatic heterocycles. The highest BCUT2D eigenvalue weighted by molar-refractivity contribution is 7.93. The van der Waals surface area contributed by atoms with Gasteiger partial charge in [-0.25, -0.2) is 13.4 Å². The van der Waals surface area contributed by atoms with Gasteiger partial charge >= 0.3 is 0 Å². The van der Waals surface area contributed by atoms with Gasteiger partial charge in [0, 0.05) is 25.3 Å². The quantitative estimate of drug-likeness (QED) is 0.684. The van der Waals surface area contributed by atoms with E-state index in [4.69, 9.17) is 0 Å². The number of nitrogens with one attached hydrogen (secondary N) is 2. The molecule has 27 heavy (non-hydrogen) atoms. The number of hydrogen-bond acceptors (Lipinski definition) is 7. The summed E-state index contributed by atoms with van der Waals surface area (Å²) in [5.74, 6) is -0.836. The summed E-state index contributed by atoms with van der Waals surface area (Å²) >= 11 is 1.07. The number of likely N-dealkylation sites (N-methyl/N-ethyl adjacent to an activating group) is 1. The van der Waals surface area contributed by atoms with Crippen molar-refractivity contribution >= 4 is 49.9 Å². The van der Waals surface area contributed by atoms with Crippen LogP contribution in [0.25, 0.3) is 0 Å². The molecular formula is C16H16N4O5S2. The molecule has 2 heterocycles. The van der Waals surface area contributed by atoms with Crippen LogP contribution in [0.3, 0.4) is 0 Å².